The Hall–Kier alpha value is -2.25. The summed E-state index contributed by atoms with van der Waals surface area (Å²) in [5, 5.41) is 4.12. The number of carbonyl (C=O) groups excluding carboxylic acids is 1. The zero-order chi connectivity index (χ0) is 18.8. The number of carbonyl (C=O) groups is 1. The van der Waals surface area contributed by atoms with E-state index in [1.807, 2.05) is 29.2 Å². The third-order valence-electron chi connectivity index (χ3n) is 5.54. The first-order chi connectivity index (χ1) is 13.1. The van der Waals surface area contributed by atoms with Crippen molar-refractivity contribution in [3.8, 4) is 11.4 Å². The Balaban J connectivity index is 1.44. The summed E-state index contributed by atoms with van der Waals surface area (Å²) in [4.78, 5) is 21.6. The lowest BCUT2D eigenvalue weighted by Crippen LogP contribution is -2.49. The Morgan fingerprint density at radius 2 is 2.04 bits per heavy atom. The number of benzene rings is 1. The van der Waals surface area contributed by atoms with E-state index in [0.29, 0.717) is 31.4 Å². The first-order valence-corrected chi connectivity index (χ1v) is 9.55. The van der Waals surface area contributed by atoms with Gasteiger partial charge in [-0.15, -0.1) is 0 Å². The second-order valence-corrected chi connectivity index (χ2v) is 7.52. The van der Waals surface area contributed by atoms with Crippen molar-refractivity contribution in [2.75, 3.05) is 33.4 Å². The fraction of sp³-hybridized carbons (Fsp3) is 0.550. The van der Waals surface area contributed by atoms with Crippen molar-refractivity contribution in [1.29, 1.82) is 0 Å². The molecule has 5 rings (SSSR count). The minimum atomic E-state index is 0.0556. The summed E-state index contributed by atoms with van der Waals surface area (Å²) in [6, 6.07) is 8.33. The normalized spacial score (nSPS) is 23.0. The van der Waals surface area contributed by atoms with Crippen molar-refractivity contribution in [3.63, 3.8) is 0 Å². The van der Waals surface area contributed by atoms with E-state index < -0.39 is 0 Å². The molecule has 3 aliphatic rings. The van der Waals surface area contributed by atoms with Gasteiger partial charge in [0.2, 0.25) is 17.6 Å². The molecular weight excluding hydrogens is 344 g/mol. The van der Waals surface area contributed by atoms with Gasteiger partial charge in [-0.3, -0.25) is 9.69 Å². The highest BCUT2D eigenvalue weighted by Gasteiger charge is 2.40. The summed E-state index contributed by atoms with van der Waals surface area (Å²) in [5.41, 5.74) is 2.15. The molecule has 0 N–H and O–H groups in total. The van der Waals surface area contributed by atoms with Crippen LogP contribution in [0.2, 0.25) is 0 Å². The molecule has 2 atom stereocenters. The smallest absolute Gasteiger partial charge is 0.241 e. The summed E-state index contributed by atoms with van der Waals surface area (Å²) in [6.45, 7) is 5.48. The molecule has 2 bridgehead atoms. The quantitative estimate of drug-likeness (QED) is 0.776. The second kappa shape index (κ2) is 7.78. The lowest BCUT2D eigenvalue weighted by Gasteiger charge is -2.35. The Kier molecular flexibility index (Phi) is 5.22. The predicted molar refractivity (Wildman–Crippen MR) is 99.8 cm³/mol. The van der Waals surface area contributed by atoms with Crippen molar-refractivity contribution in [3.05, 3.63) is 35.7 Å². The molecule has 1 amide bonds. The number of amides is 1. The molecule has 2 aromatic rings. The average molecular weight is 370 g/mol. The number of methoxy groups -OCH3 is 1. The fourth-order valence-corrected chi connectivity index (χ4v) is 4.07. The number of hydrogen-bond acceptors (Lipinski definition) is 6. The number of nitrogens with zero attached hydrogens (tertiary/aromatic N) is 4. The maximum atomic E-state index is 12.7. The largest absolute Gasteiger partial charge is 0.383 e. The Morgan fingerprint density at radius 1 is 1.22 bits per heavy atom. The molecule has 4 heterocycles. The third kappa shape index (κ3) is 3.89. The maximum absolute atomic E-state index is 12.7. The summed E-state index contributed by atoms with van der Waals surface area (Å²) < 4.78 is 10.7. The number of hydrogen-bond donors (Lipinski definition) is 0. The molecular formula is C20H26N4O3. The zero-order valence-corrected chi connectivity index (χ0v) is 15.9. The first kappa shape index (κ1) is 18.1. The van der Waals surface area contributed by atoms with Crippen molar-refractivity contribution in [1.82, 2.24) is 19.9 Å². The molecule has 27 heavy (non-hydrogen) atoms. The number of ether oxygens (including phenoxy) is 1. The van der Waals surface area contributed by atoms with Crippen molar-refractivity contribution >= 4 is 5.91 Å². The molecule has 3 aliphatic heterocycles. The molecule has 0 saturated carbocycles. The number of aryl methyl sites for hydroxylation is 1. The lowest BCUT2D eigenvalue weighted by atomic mass is 9.94. The van der Waals surface area contributed by atoms with Crippen LogP contribution in [-0.4, -0.2) is 65.2 Å². The molecule has 0 unspecified atom stereocenters. The lowest BCUT2D eigenvalue weighted by molar-refractivity contribution is -0.140. The second-order valence-electron chi connectivity index (χ2n) is 7.52. The van der Waals surface area contributed by atoms with Gasteiger partial charge in [-0.05, 0) is 19.8 Å². The molecule has 1 aromatic heterocycles. The van der Waals surface area contributed by atoms with E-state index in [9.17, 15) is 4.79 Å². The summed E-state index contributed by atoms with van der Waals surface area (Å²) >= 11 is 0. The molecule has 7 nitrogen and oxygen atoms in total. The van der Waals surface area contributed by atoms with E-state index in [4.69, 9.17) is 9.26 Å². The van der Waals surface area contributed by atoms with Crippen LogP contribution in [-0.2, 0) is 16.1 Å². The molecule has 1 aromatic carbocycles. The number of rotatable bonds is 6. The van der Waals surface area contributed by atoms with Crippen LogP contribution in [0.5, 0.6) is 0 Å². The third-order valence-corrected chi connectivity index (χ3v) is 5.54. The van der Waals surface area contributed by atoms with Gasteiger partial charge in [-0.2, -0.15) is 4.98 Å². The van der Waals surface area contributed by atoms with E-state index in [1.165, 1.54) is 5.56 Å². The van der Waals surface area contributed by atoms with Gasteiger partial charge >= 0.3 is 0 Å². The monoisotopic (exact) mass is 370 g/mol. The van der Waals surface area contributed by atoms with Gasteiger partial charge in [0, 0.05) is 38.3 Å². The fourth-order valence-electron chi connectivity index (χ4n) is 4.07. The Labute approximate surface area is 159 Å². The van der Waals surface area contributed by atoms with Crippen LogP contribution in [0.15, 0.2) is 28.8 Å². The van der Waals surface area contributed by atoms with E-state index in [-0.39, 0.29) is 17.9 Å². The highest BCUT2D eigenvalue weighted by atomic mass is 16.5. The van der Waals surface area contributed by atoms with E-state index >= 15 is 0 Å². The predicted octanol–water partition coefficient (Wildman–Crippen LogP) is 2.11. The zero-order valence-electron chi connectivity index (χ0n) is 15.9. The number of piperidine rings is 1. The maximum Gasteiger partial charge on any atom is 0.241 e. The van der Waals surface area contributed by atoms with Crippen molar-refractivity contribution in [2.24, 2.45) is 5.92 Å². The highest BCUT2D eigenvalue weighted by Crippen LogP contribution is 2.29. The van der Waals surface area contributed by atoms with Crippen LogP contribution in [0.1, 0.15) is 24.3 Å². The SMILES string of the molecule is COCCN1C(=O)[C@@H]2CC[C@H]1CN(Cc1nc(-c3ccc(C)cc3)no1)C2. The topological polar surface area (TPSA) is 71.7 Å². The number of aromatic nitrogens is 2. The molecule has 144 valence electrons. The van der Waals surface area contributed by atoms with Gasteiger partial charge < -0.3 is 14.2 Å². The molecule has 7 heteroatoms. The number of fused-ring (bicyclic) bond motifs is 4. The Bertz CT molecular complexity index is 789. The van der Waals surface area contributed by atoms with E-state index in [0.717, 1.165) is 31.5 Å². The van der Waals surface area contributed by atoms with Crippen LogP contribution < -0.4 is 0 Å². The first-order valence-electron chi connectivity index (χ1n) is 9.55. The summed E-state index contributed by atoms with van der Waals surface area (Å²) in [7, 11) is 1.67. The molecule has 3 saturated heterocycles. The van der Waals surface area contributed by atoms with Crippen molar-refractivity contribution < 1.29 is 14.1 Å². The molecule has 3 fully saturated rings. The van der Waals surface area contributed by atoms with Crippen LogP contribution in [0.3, 0.4) is 0 Å². The Morgan fingerprint density at radius 3 is 2.81 bits per heavy atom. The van der Waals surface area contributed by atoms with Crippen LogP contribution >= 0.6 is 0 Å². The van der Waals surface area contributed by atoms with Crippen molar-refractivity contribution in [2.45, 2.75) is 32.4 Å². The van der Waals surface area contributed by atoms with Crippen LogP contribution in [0.4, 0.5) is 0 Å². The van der Waals surface area contributed by atoms with Gasteiger partial charge in [-0.25, -0.2) is 0 Å². The summed E-state index contributed by atoms with van der Waals surface area (Å²) in [5.74, 6) is 1.53. The van der Waals surface area contributed by atoms with E-state index in [1.54, 1.807) is 7.11 Å². The molecule has 0 aliphatic carbocycles. The molecule has 0 spiro atoms. The highest BCUT2D eigenvalue weighted by molar-refractivity contribution is 5.80. The molecule has 0 radical (unpaired) electrons. The van der Waals surface area contributed by atoms with Crippen LogP contribution in [0, 0.1) is 12.8 Å². The summed E-state index contributed by atoms with van der Waals surface area (Å²) in [6.07, 6.45) is 2.01. The van der Waals surface area contributed by atoms with Crippen LogP contribution in [0.25, 0.3) is 11.4 Å². The van der Waals surface area contributed by atoms with Gasteiger partial charge in [0.1, 0.15) is 0 Å². The minimum absolute atomic E-state index is 0.0556. The van der Waals surface area contributed by atoms with Gasteiger partial charge in [0.25, 0.3) is 0 Å². The van der Waals surface area contributed by atoms with E-state index in [2.05, 4.69) is 22.0 Å². The van der Waals surface area contributed by atoms with Gasteiger partial charge in [-0.1, -0.05) is 35.0 Å². The minimum Gasteiger partial charge on any atom is -0.383 e. The van der Waals surface area contributed by atoms with Gasteiger partial charge in [0.05, 0.1) is 19.1 Å². The standard InChI is InChI=1S/C20H26N4O3/c1-14-3-5-15(6-4-14)19-21-18(27-22-19)13-23-11-16-7-8-17(12-23)24(20(16)25)9-10-26-2/h3-6,16-17H,7-13H2,1-2H3/t16-,17+/m1/s1. The average Bonchev–Trinajstić information content (AvgIpc) is 2.97. The van der Waals surface area contributed by atoms with Gasteiger partial charge in [0.15, 0.2) is 0 Å².